The number of methoxy groups -OCH3 is 3. The Balaban J connectivity index is 1.97. The number of rotatable bonds is 6. The molecule has 0 aromatic heterocycles. The maximum absolute atomic E-state index is 5.92. The molecule has 0 radical (unpaired) electrons. The Morgan fingerprint density at radius 3 is 2.16 bits per heavy atom. The van der Waals surface area contributed by atoms with Gasteiger partial charge in [-0.05, 0) is 23.8 Å². The number of nitrogens with zero attached hydrogens (tertiary/aromatic N) is 2. The zero-order valence-corrected chi connectivity index (χ0v) is 15.4. The normalized spacial score (nSPS) is 18.1. The van der Waals surface area contributed by atoms with Crippen molar-refractivity contribution >= 4 is 17.6 Å². The summed E-state index contributed by atoms with van der Waals surface area (Å²) in [5, 5.41) is 0. The van der Waals surface area contributed by atoms with Crippen LogP contribution in [-0.2, 0) is 16.8 Å². The Labute approximate surface area is 148 Å². The standard InChI is InChI=1S/C20H24N2O3/c1-22(2)15-8-6-14(7-9-15)12-20(25-5)13-21-17-11-19(24-4)18(23-3)10-16(17)20/h6-11,13H,12H2,1-5H3. The molecule has 2 aromatic rings. The summed E-state index contributed by atoms with van der Waals surface area (Å²) in [5.74, 6) is 1.34. The van der Waals surface area contributed by atoms with E-state index in [1.807, 2.05) is 32.4 Å². The highest BCUT2D eigenvalue weighted by Crippen LogP contribution is 2.45. The summed E-state index contributed by atoms with van der Waals surface area (Å²) < 4.78 is 16.7. The Bertz CT molecular complexity index is 784. The fourth-order valence-corrected chi connectivity index (χ4v) is 3.15. The van der Waals surface area contributed by atoms with E-state index < -0.39 is 5.60 Å². The monoisotopic (exact) mass is 340 g/mol. The molecule has 132 valence electrons. The highest BCUT2D eigenvalue weighted by molar-refractivity contribution is 5.85. The van der Waals surface area contributed by atoms with E-state index in [0.29, 0.717) is 17.9 Å². The molecule has 5 heteroatoms. The summed E-state index contributed by atoms with van der Waals surface area (Å²) in [6.45, 7) is 0. The fraction of sp³-hybridized carbons (Fsp3) is 0.350. The van der Waals surface area contributed by atoms with Gasteiger partial charge in [0.2, 0.25) is 0 Å². The maximum atomic E-state index is 5.92. The van der Waals surface area contributed by atoms with E-state index in [1.54, 1.807) is 21.3 Å². The smallest absolute Gasteiger partial charge is 0.162 e. The van der Waals surface area contributed by atoms with Crippen LogP contribution in [0.15, 0.2) is 41.4 Å². The SMILES string of the molecule is COc1cc2c(cc1OC)C(Cc1ccc(N(C)C)cc1)(OC)C=N2. The van der Waals surface area contributed by atoms with Crippen molar-refractivity contribution < 1.29 is 14.2 Å². The van der Waals surface area contributed by atoms with Gasteiger partial charge in [-0.3, -0.25) is 4.99 Å². The van der Waals surface area contributed by atoms with Crippen molar-refractivity contribution in [2.45, 2.75) is 12.0 Å². The summed E-state index contributed by atoms with van der Waals surface area (Å²) in [5.41, 5.74) is 3.59. The van der Waals surface area contributed by atoms with Crippen molar-refractivity contribution in [2.75, 3.05) is 40.3 Å². The number of fused-ring (bicyclic) bond motifs is 1. The van der Waals surface area contributed by atoms with Crippen molar-refractivity contribution in [1.82, 2.24) is 0 Å². The van der Waals surface area contributed by atoms with E-state index in [4.69, 9.17) is 14.2 Å². The number of ether oxygens (including phenoxy) is 3. The van der Waals surface area contributed by atoms with Crippen LogP contribution in [-0.4, -0.2) is 41.6 Å². The molecule has 0 fully saturated rings. The number of hydrogen-bond acceptors (Lipinski definition) is 5. The summed E-state index contributed by atoms with van der Waals surface area (Å²) in [4.78, 5) is 6.64. The summed E-state index contributed by atoms with van der Waals surface area (Å²) in [6.07, 6.45) is 2.57. The van der Waals surface area contributed by atoms with Crippen LogP contribution in [0.4, 0.5) is 11.4 Å². The molecule has 0 aliphatic carbocycles. The van der Waals surface area contributed by atoms with Crippen LogP contribution in [0.5, 0.6) is 11.5 Å². The molecule has 25 heavy (non-hydrogen) atoms. The first-order valence-electron chi connectivity index (χ1n) is 8.16. The van der Waals surface area contributed by atoms with Crippen LogP contribution >= 0.6 is 0 Å². The van der Waals surface area contributed by atoms with Crippen LogP contribution in [0.25, 0.3) is 0 Å². The lowest BCUT2D eigenvalue weighted by atomic mass is 9.88. The van der Waals surface area contributed by atoms with E-state index in [1.165, 1.54) is 11.3 Å². The van der Waals surface area contributed by atoms with Gasteiger partial charge in [0.1, 0.15) is 5.60 Å². The summed E-state index contributed by atoms with van der Waals surface area (Å²) in [7, 11) is 9.04. The van der Waals surface area contributed by atoms with Gasteiger partial charge in [-0.1, -0.05) is 12.1 Å². The number of aliphatic imine (C=N–C) groups is 1. The van der Waals surface area contributed by atoms with Gasteiger partial charge in [-0.15, -0.1) is 0 Å². The highest BCUT2D eigenvalue weighted by Gasteiger charge is 2.38. The molecule has 5 nitrogen and oxygen atoms in total. The lowest BCUT2D eigenvalue weighted by molar-refractivity contribution is 0.0550. The van der Waals surface area contributed by atoms with Crippen molar-refractivity contribution in [2.24, 2.45) is 4.99 Å². The summed E-state index contributed by atoms with van der Waals surface area (Å²) >= 11 is 0. The molecule has 0 N–H and O–H groups in total. The Morgan fingerprint density at radius 1 is 0.960 bits per heavy atom. The molecule has 1 heterocycles. The minimum absolute atomic E-state index is 0.603. The van der Waals surface area contributed by atoms with Crippen LogP contribution in [0.3, 0.4) is 0 Å². The highest BCUT2D eigenvalue weighted by atomic mass is 16.5. The molecular weight excluding hydrogens is 316 g/mol. The first kappa shape index (κ1) is 17.3. The second-order valence-electron chi connectivity index (χ2n) is 6.31. The average Bonchev–Trinajstić information content (AvgIpc) is 2.99. The van der Waals surface area contributed by atoms with Gasteiger partial charge in [0.25, 0.3) is 0 Å². The van der Waals surface area contributed by atoms with Gasteiger partial charge < -0.3 is 19.1 Å². The quantitative estimate of drug-likeness (QED) is 0.806. The van der Waals surface area contributed by atoms with Crippen molar-refractivity contribution in [3.63, 3.8) is 0 Å². The third-order valence-corrected chi connectivity index (χ3v) is 4.65. The number of anilines is 1. The molecule has 0 saturated carbocycles. The Kier molecular flexibility index (Phi) is 4.68. The lowest BCUT2D eigenvalue weighted by Crippen LogP contribution is -2.30. The third kappa shape index (κ3) is 3.07. The van der Waals surface area contributed by atoms with Crippen LogP contribution < -0.4 is 14.4 Å². The molecule has 1 aliphatic heterocycles. The molecule has 1 atom stereocenters. The molecule has 1 unspecified atom stereocenters. The predicted octanol–water partition coefficient (Wildman–Crippen LogP) is 3.57. The molecule has 0 saturated heterocycles. The second-order valence-corrected chi connectivity index (χ2v) is 6.31. The van der Waals surface area contributed by atoms with E-state index >= 15 is 0 Å². The third-order valence-electron chi connectivity index (χ3n) is 4.65. The minimum Gasteiger partial charge on any atom is -0.493 e. The molecule has 0 bridgehead atoms. The Hall–Kier alpha value is -2.53. The second kappa shape index (κ2) is 6.76. The van der Waals surface area contributed by atoms with Crippen molar-refractivity contribution in [3.8, 4) is 11.5 Å². The molecular formula is C20H24N2O3. The fourth-order valence-electron chi connectivity index (χ4n) is 3.15. The van der Waals surface area contributed by atoms with Crippen LogP contribution in [0.1, 0.15) is 11.1 Å². The van der Waals surface area contributed by atoms with Crippen molar-refractivity contribution in [3.05, 3.63) is 47.5 Å². The van der Waals surface area contributed by atoms with Crippen LogP contribution in [0.2, 0.25) is 0 Å². The topological polar surface area (TPSA) is 43.3 Å². The molecule has 0 spiro atoms. The van der Waals surface area contributed by atoms with E-state index in [2.05, 4.69) is 34.2 Å². The molecule has 1 aliphatic rings. The number of benzene rings is 2. The van der Waals surface area contributed by atoms with Gasteiger partial charge in [-0.25, -0.2) is 0 Å². The zero-order valence-electron chi connectivity index (χ0n) is 15.4. The van der Waals surface area contributed by atoms with Crippen LogP contribution in [0, 0.1) is 0 Å². The molecule has 0 amide bonds. The van der Waals surface area contributed by atoms with Gasteiger partial charge in [0.05, 0.1) is 19.9 Å². The largest absolute Gasteiger partial charge is 0.493 e. The predicted molar refractivity (Wildman–Crippen MR) is 101 cm³/mol. The van der Waals surface area contributed by atoms with E-state index in [0.717, 1.165) is 11.3 Å². The minimum atomic E-state index is -0.603. The Morgan fingerprint density at radius 2 is 1.60 bits per heavy atom. The lowest BCUT2D eigenvalue weighted by Gasteiger charge is -2.27. The van der Waals surface area contributed by atoms with Crippen molar-refractivity contribution in [1.29, 1.82) is 0 Å². The average molecular weight is 340 g/mol. The van der Waals surface area contributed by atoms with Gasteiger partial charge >= 0.3 is 0 Å². The van der Waals surface area contributed by atoms with Gasteiger partial charge in [0, 0.05) is 51.2 Å². The summed E-state index contributed by atoms with van der Waals surface area (Å²) in [6, 6.07) is 12.3. The molecule has 3 rings (SSSR count). The first-order chi connectivity index (χ1) is 12.0. The first-order valence-corrected chi connectivity index (χ1v) is 8.16. The van der Waals surface area contributed by atoms with E-state index in [9.17, 15) is 0 Å². The maximum Gasteiger partial charge on any atom is 0.162 e. The number of hydrogen-bond donors (Lipinski definition) is 0. The van der Waals surface area contributed by atoms with Gasteiger partial charge in [0.15, 0.2) is 11.5 Å². The zero-order chi connectivity index (χ0) is 18.0. The van der Waals surface area contributed by atoms with Gasteiger partial charge in [-0.2, -0.15) is 0 Å². The molecule has 2 aromatic carbocycles. The van der Waals surface area contributed by atoms with E-state index in [-0.39, 0.29) is 0 Å².